The first kappa shape index (κ1) is 20.0. The molecule has 1 amide bonds. The highest BCUT2D eigenvalue weighted by Gasteiger charge is 2.28. The number of hydrogen-bond acceptors (Lipinski definition) is 7. The van der Waals surface area contributed by atoms with Gasteiger partial charge in [0.15, 0.2) is 5.13 Å². The number of benzene rings is 1. The average Bonchev–Trinajstić information content (AvgIpc) is 3.47. The smallest absolute Gasteiger partial charge is 0.251 e. The van der Waals surface area contributed by atoms with Gasteiger partial charge in [0.25, 0.3) is 5.91 Å². The molecule has 30 heavy (non-hydrogen) atoms. The number of carbonyl (C=O) groups is 1. The minimum atomic E-state index is -0.503. The molecule has 0 aliphatic heterocycles. The zero-order valence-corrected chi connectivity index (χ0v) is 18.0. The summed E-state index contributed by atoms with van der Waals surface area (Å²) in [5, 5.41) is 17.7. The lowest BCUT2D eigenvalue weighted by atomic mass is 9.99. The monoisotopic (exact) mass is 425 g/mol. The number of fused-ring (bicyclic) bond motifs is 1. The van der Waals surface area contributed by atoms with Gasteiger partial charge in [-0.2, -0.15) is 0 Å². The van der Waals surface area contributed by atoms with Crippen LogP contribution in [0.2, 0.25) is 0 Å². The number of aromatic nitrogens is 6. The van der Waals surface area contributed by atoms with Crippen LogP contribution in [-0.4, -0.2) is 43.2 Å². The Morgan fingerprint density at radius 1 is 1.40 bits per heavy atom. The lowest BCUT2D eigenvalue weighted by molar-refractivity contribution is -0.121. The number of thiazole rings is 1. The zero-order valence-electron chi connectivity index (χ0n) is 17.2. The Bertz CT molecular complexity index is 1170. The van der Waals surface area contributed by atoms with Crippen molar-refractivity contribution in [3.63, 3.8) is 0 Å². The van der Waals surface area contributed by atoms with Crippen molar-refractivity contribution in [2.24, 2.45) is 5.92 Å². The number of H-pyrrole nitrogens is 1. The molecule has 10 heteroatoms. The SMILES string of the molecule is CCC(C)C(C(=O)Nc1nc(-c2c(C)[nH]c3ccc(OC)cc23)cs1)n1cnnn1. The Balaban J connectivity index is 1.63. The first-order valence-corrected chi connectivity index (χ1v) is 10.5. The number of aromatic amines is 1. The highest BCUT2D eigenvalue weighted by atomic mass is 32.1. The number of carbonyl (C=O) groups excluding carboxylic acids is 1. The summed E-state index contributed by atoms with van der Waals surface area (Å²) in [6, 6.07) is 5.39. The van der Waals surface area contributed by atoms with Crippen molar-refractivity contribution >= 4 is 33.3 Å². The Morgan fingerprint density at radius 2 is 2.23 bits per heavy atom. The van der Waals surface area contributed by atoms with E-state index in [1.807, 2.05) is 44.4 Å². The van der Waals surface area contributed by atoms with E-state index in [4.69, 9.17) is 4.74 Å². The predicted molar refractivity (Wildman–Crippen MR) is 116 cm³/mol. The molecule has 0 fully saturated rings. The van der Waals surface area contributed by atoms with Crippen LogP contribution in [0.1, 0.15) is 32.0 Å². The van der Waals surface area contributed by atoms with Crippen molar-refractivity contribution in [2.45, 2.75) is 33.2 Å². The molecule has 0 spiro atoms. The summed E-state index contributed by atoms with van der Waals surface area (Å²) in [6.07, 6.45) is 2.28. The minimum absolute atomic E-state index is 0.0660. The van der Waals surface area contributed by atoms with E-state index >= 15 is 0 Å². The molecule has 0 radical (unpaired) electrons. The first-order valence-electron chi connectivity index (χ1n) is 9.67. The number of nitrogens with one attached hydrogen (secondary N) is 2. The Morgan fingerprint density at radius 3 is 2.93 bits per heavy atom. The molecular weight excluding hydrogens is 402 g/mol. The van der Waals surface area contributed by atoms with Crippen LogP contribution in [0.5, 0.6) is 5.75 Å². The lowest BCUT2D eigenvalue weighted by Crippen LogP contribution is -2.31. The molecule has 0 aliphatic carbocycles. The number of hydrogen-bond donors (Lipinski definition) is 2. The molecule has 1 aromatic carbocycles. The van der Waals surface area contributed by atoms with E-state index in [1.165, 1.54) is 22.3 Å². The highest BCUT2D eigenvalue weighted by molar-refractivity contribution is 7.14. The van der Waals surface area contributed by atoms with E-state index < -0.39 is 6.04 Å². The van der Waals surface area contributed by atoms with Crippen molar-refractivity contribution in [1.82, 2.24) is 30.2 Å². The molecular formula is C20H23N7O2S. The summed E-state index contributed by atoms with van der Waals surface area (Å²) in [6.45, 7) is 6.04. The van der Waals surface area contributed by atoms with Gasteiger partial charge in [0.05, 0.1) is 12.8 Å². The van der Waals surface area contributed by atoms with Crippen LogP contribution in [0.3, 0.4) is 0 Å². The maximum atomic E-state index is 13.0. The maximum Gasteiger partial charge on any atom is 0.251 e. The second kappa shape index (κ2) is 8.23. The van der Waals surface area contributed by atoms with Crippen LogP contribution < -0.4 is 10.1 Å². The summed E-state index contributed by atoms with van der Waals surface area (Å²) in [7, 11) is 1.65. The molecule has 2 N–H and O–H groups in total. The van der Waals surface area contributed by atoms with E-state index in [1.54, 1.807) is 7.11 Å². The summed E-state index contributed by atoms with van der Waals surface area (Å²) >= 11 is 1.39. The van der Waals surface area contributed by atoms with E-state index in [0.717, 1.165) is 40.0 Å². The molecule has 4 rings (SSSR count). The molecule has 156 valence electrons. The van der Waals surface area contributed by atoms with Crippen LogP contribution in [0, 0.1) is 12.8 Å². The number of rotatable bonds is 7. The van der Waals surface area contributed by atoms with Gasteiger partial charge in [0.1, 0.15) is 18.1 Å². The van der Waals surface area contributed by atoms with E-state index in [-0.39, 0.29) is 11.8 Å². The van der Waals surface area contributed by atoms with Gasteiger partial charge < -0.3 is 15.0 Å². The fourth-order valence-corrected chi connectivity index (χ4v) is 4.25. The topological polar surface area (TPSA) is 111 Å². The van der Waals surface area contributed by atoms with E-state index in [9.17, 15) is 4.79 Å². The fourth-order valence-electron chi connectivity index (χ4n) is 3.55. The van der Waals surface area contributed by atoms with Crippen LogP contribution in [-0.2, 0) is 4.79 Å². The molecule has 3 heterocycles. The molecule has 2 atom stereocenters. The van der Waals surface area contributed by atoms with Gasteiger partial charge in [0.2, 0.25) is 0 Å². The van der Waals surface area contributed by atoms with Crippen LogP contribution >= 0.6 is 11.3 Å². The Kier molecular flexibility index (Phi) is 5.49. The number of aryl methyl sites for hydroxylation is 1. The molecule has 9 nitrogen and oxygen atoms in total. The average molecular weight is 426 g/mol. The number of amides is 1. The highest BCUT2D eigenvalue weighted by Crippen LogP contribution is 2.36. The van der Waals surface area contributed by atoms with Gasteiger partial charge in [-0.25, -0.2) is 9.67 Å². The Labute approximate surface area is 177 Å². The van der Waals surface area contributed by atoms with Gasteiger partial charge in [-0.15, -0.1) is 16.4 Å². The molecule has 2 unspecified atom stereocenters. The summed E-state index contributed by atoms with van der Waals surface area (Å²) in [5.74, 6) is 0.662. The van der Waals surface area contributed by atoms with Crippen LogP contribution in [0.25, 0.3) is 22.2 Å². The third-order valence-electron chi connectivity index (χ3n) is 5.29. The molecule has 0 bridgehead atoms. The van der Waals surface area contributed by atoms with E-state index in [0.29, 0.717) is 5.13 Å². The summed E-state index contributed by atoms with van der Waals surface area (Å²) in [4.78, 5) is 21.0. The zero-order chi connectivity index (χ0) is 21.3. The summed E-state index contributed by atoms with van der Waals surface area (Å²) < 4.78 is 6.86. The van der Waals surface area contributed by atoms with Gasteiger partial charge in [-0.1, -0.05) is 20.3 Å². The molecule has 3 aromatic heterocycles. The van der Waals surface area contributed by atoms with Crippen molar-refractivity contribution in [1.29, 1.82) is 0 Å². The second-order valence-electron chi connectivity index (χ2n) is 7.18. The number of tetrazole rings is 1. The molecule has 0 saturated heterocycles. The van der Waals surface area contributed by atoms with Gasteiger partial charge in [0, 0.05) is 27.5 Å². The lowest BCUT2D eigenvalue weighted by Gasteiger charge is -2.20. The van der Waals surface area contributed by atoms with Gasteiger partial charge >= 0.3 is 0 Å². The first-order chi connectivity index (χ1) is 14.5. The van der Waals surface area contributed by atoms with Crippen molar-refractivity contribution in [3.05, 3.63) is 35.6 Å². The standard InChI is InChI=1S/C20H23N7O2S/c1-5-11(2)18(27-10-21-25-26-27)19(28)24-20-23-16(9-30-20)17-12(3)22-15-7-6-13(29-4)8-14(15)17/h6-11,18,22H,5H2,1-4H3,(H,23,24,28). The molecule has 4 aromatic rings. The van der Waals surface area contributed by atoms with E-state index in [2.05, 4.69) is 30.8 Å². The van der Waals surface area contributed by atoms with Crippen LogP contribution in [0.4, 0.5) is 5.13 Å². The largest absolute Gasteiger partial charge is 0.497 e. The third-order valence-corrected chi connectivity index (χ3v) is 6.04. The van der Waals surface area contributed by atoms with Gasteiger partial charge in [-0.3, -0.25) is 4.79 Å². The second-order valence-corrected chi connectivity index (χ2v) is 8.04. The normalized spacial score (nSPS) is 13.3. The number of anilines is 1. The fraction of sp³-hybridized carbons (Fsp3) is 0.350. The van der Waals surface area contributed by atoms with Crippen molar-refractivity contribution in [2.75, 3.05) is 12.4 Å². The Hall–Kier alpha value is -3.27. The maximum absolute atomic E-state index is 13.0. The third kappa shape index (κ3) is 3.65. The predicted octanol–water partition coefficient (Wildman–Crippen LogP) is 3.82. The number of nitrogens with zero attached hydrogens (tertiary/aromatic N) is 5. The van der Waals surface area contributed by atoms with Gasteiger partial charge in [-0.05, 0) is 41.5 Å². The molecule has 0 saturated carbocycles. The number of methoxy groups -OCH3 is 1. The van der Waals surface area contributed by atoms with Crippen LogP contribution in [0.15, 0.2) is 29.9 Å². The molecule has 0 aliphatic rings. The van der Waals surface area contributed by atoms with Crippen molar-refractivity contribution in [3.8, 4) is 17.0 Å². The summed E-state index contributed by atoms with van der Waals surface area (Å²) in [5.41, 5.74) is 3.82. The minimum Gasteiger partial charge on any atom is -0.497 e. The quantitative estimate of drug-likeness (QED) is 0.466. The number of ether oxygens (including phenoxy) is 1. The van der Waals surface area contributed by atoms with Crippen molar-refractivity contribution < 1.29 is 9.53 Å².